The second kappa shape index (κ2) is 16.1. The van der Waals surface area contributed by atoms with Crippen molar-refractivity contribution in [2.75, 3.05) is 9.80 Å². The quantitative estimate of drug-likeness (QED) is 0.175. The van der Waals surface area contributed by atoms with Crippen molar-refractivity contribution in [1.29, 1.82) is 0 Å². The number of rotatable bonds is 3. The first kappa shape index (κ1) is 50.0. The molecule has 0 saturated heterocycles. The predicted molar refractivity (Wildman–Crippen MR) is 327 cm³/mol. The summed E-state index contributed by atoms with van der Waals surface area (Å²) in [6.07, 6.45) is 0. The van der Waals surface area contributed by atoms with Gasteiger partial charge in [0.1, 0.15) is 0 Å². The molecule has 1 aromatic heterocycles. The molecule has 0 fully saturated rings. The first-order chi connectivity index (χ1) is 35.5. The summed E-state index contributed by atoms with van der Waals surface area (Å²) in [4.78, 5) is 5.12. The highest BCUT2D eigenvalue weighted by Crippen LogP contribution is 2.57. The second-order valence-electron chi connectivity index (χ2n) is 28.5. The number of anilines is 6. The summed E-state index contributed by atoms with van der Waals surface area (Å²) < 4.78 is 2.58. The molecule has 1 aliphatic carbocycles. The van der Waals surface area contributed by atoms with Crippen LogP contribution >= 0.6 is 0 Å². The van der Waals surface area contributed by atoms with Crippen LogP contribution in [0, 0.1) is 0 Å². The van der Waals surface area contributed by atoms with E-state index in [1.54, 1.807) is 0 Å². The maximum Gasteiger partial charge on any atom is 0.0561 e. The molecule has 0 bridgehead atoms. The van der Waals surface area contributed by atoms with Crippen molar-refractivity contribution >= 4 is 55.9 Å². The van der Waals surface area contributed by atoms with E-state index in [0.717, 1.165) is 11.4 Å². The Hall–Kier alpha value is -6.84. The van der Waals surface area contributed by atoms with Gasteiger partial charge in [0.15, 0.2) is 0 Å². The van der Waals surface area contributed by atoms with Crippen molar-refractivity contribution in [3.63, 3.8) is 0 Å². The zero-order valence-corrected chi connectivity index (χ0v) is 48.8. The van der Waals surface area contributed by atoms with Gasteiger partial charge in [-0.15, -0.1) is 0 Å². The van der Waals surface area contributed by atoms with Gasteiger partial charge in [0.2, 0.25) is 0 Å². The van der Waals surface area contributed by atoms with Crippen molar-refractivity contribution in [1.82, 2.24) is 4.57 Å². The number of benzene rings is 8. The van der Waals surface area contributed by atoms with Gasteiger partial charge in [-0.1, -0.05) is 216 Å². The van der Waals surface area contributed by atoms with Crippen LogP contribution in [0.5, 0.6) is 0 Å². The molecule has 0 amide bonds. The lowest BCUT2D eigenvalue weighted by atomic mass is 9.70. The Kier molecular flexibility index (Phi) is 10.6. The SMILES string of the molecule is CC(C)(C)c1ccc2c(c1)C(C)(C)c1cc(C(C)(C)C)ccc1N2c1ccc2c3ccc(N4c5ccc(C(C)(C)C)cc5C(C)(C)c5cc(C(C)(C)C)ccc54)cc3n(-c3ccc4c(c3)C(C)(C)c3ccccc3-4)c2c1. The fourth-order valence-electron chi connectivity index (χ4n) is 13.3. The van der Waals surface area contributed by atoms with E-state index < -0.39 is 0 Å². The zero-order chi connectivity index (χ0) is 54.2. The Morgan fingerprint density at radius 1 is 0.289 bits per heavy atom. The van der Waals surface area contributed by atoms with Gasteiger partial charge in [0, 0.05) is 44.1 Å². The molecule has 0 unspecified atom stereocenters. The molecule has 8 aromatic carbocycles. The molecule has 3 aliphatic rings. The van der Waals surface area contributed by atoms with Crippen LogP contribution in [0.15, 0.2) is 152 Å². The second-order valence-corrected chi connectivity index (χ2v) is 28.5. The van der Waals surface area contributed by atoms with Gasteiger partial charge in [-0.25, -0.2) is 0 Å². The monoisotopic (exact) mass is 998 g/mol. The number of hydrogen-bond donors (Lipinski definition) is 0. The Bertz CT molecular complexity index is 3560. The lowest BCUT2D eigenvalue weighted by Crippen LogP contribution is -2.32. The van der Waals surface area contributed by atoms with Crippen molar-refractivity contribution < 1.29 is 0 Å². The van der Waals surface area contributed by atoms with E-state index in [1.165, 1.54) is 117 Å². The molecule has 386 valence electrons. The normalized spacial score (nSPS) is 16.3. The van der Waals surface area contributed by atoms with Gasteiger partial charge in [-0.2, -0.15) is 0 Å². The molecule has 9 aromatic rings. The van der Waals surface area contributed by atoms with Crippen LogP contribution < -0.4 is 9.80 Å². The van der Waals surface area contributed by atoms with Gasteiger partial charge < -0.3 is 14.4 Å². The molecule has 12 rings (SSSR count). The largest absolute Gasteiger partial charge is 0.310 e. The van der Waals surface area contributed by atoms with E-state index in [2.05, 4.69) is 291 Å². The van der Waals surface area contributed by atoms with Crippen molar-refractivity contribution in [2.24, 2.45) is 0 Å². The van der Waals surface area contributed by atoms with E-state index in [9.17, 15) is 0 Å². The Morgan fingerprint density at radius 2 is 0.618 bits per heavy atom. The minimum Gasteiger partial charge on any atom is -0.310 e. The highest BCUT2D eigenvalue weighted by atomic mass is 15.2. The molecule has 3 heterocycles. The van der Waals surface area contributed by atoms with Crippen LogP contribution in [0.2, 0.25) is 0 Å². The van der Waals surface area contributed by atoms with E-state index in [0.29, 0.717) is 0 Å². The Labute approximate surface area is 454 Å². The zero-order valence-electron chi connectivity index (χ0n) is 48.8. The molecular formula is C73H79N3. The van der Waals surface area contributed by atoms with Crippen LogP contribution in [-0.2, 0) is 37.9 Å². The summed E-state index contributed by atoms with van der Waals surface area (Å²) in [7, 11) is 0. The molecule has 3 heteroatoms. The summed E-state index contributed by atoms with van der Waals surface area (Å²) in [6.45, 7) is 42.5. The van der Waals surface area contributed by atoms with Gasteiger partial charge in [0.05, 0.1) is 33.8 Å². The van der Waals surface area contributed by atoms with Crippen LogP contribution in [-0.4, -0.2) is 4.57 Å². The topological polar surface area (TPSA) is 11.4 Å². The van der Waals surface area contributed by atoms with E-state index in [1.807, 2.05) is 0 Å². The van der Waals surface area contributed by atoms with Gasteiger partial charge in [-0.3, -0.25) is 0 Å². The predicted octanol–water partition coefficient (Wildman–Crippen LogP) is 20.5. The first-order valence-electron chi connectivity index (χ1n) is 28.0. The smallest absolute Gasteiger partial charge is 0.0561 e. The van der Waals surface area contributed by atoms with Gasteiger partial charge in [0.25, 0.3) is 0 Å². The average Bonchev–Trinajstić information content (AvgIpc) is 3.98. The molecule has 0 saturated carbocycles. The molecule has 0 N–H and O–H groups in total. The van der Waals surface area contributed by atoms with Crippen LogP contribution in [0.25, 0.3) is 38.6 Å². The third kappa shape index (κ3) is 7.41. The number of hydrogen-bond acceptors (Lipinski definition) is 2. The lowest BCUT2D eigenvalue weighted by molar-refractivity contribution is 0.572. The van der Waals surface area contributed by atoms with E-state index in [4.69, 9.17) is 0 Å². The Morgan fingerprint density at radius 3 is 0.987 bits per heavy atom. The third-order valence-electron chi connectivity index (χ3n) is 18.2. The summed E-state index contributed by atoms with van der Waals surface area (Å²) in [6, 6.07) is 59.9. The Balaban J connectivity index is 1.14. The molecule has 76 heavy (non-hydrogen) atoms. The van der Waals surface area contributed by atoms with Crippen molar-refractivity contribution in [2.45, 2.75) is 163 Å². The van der Waals surface area contributed by atoms with Crippen molar-refractivity contribution in [3.05, 3.63) is 207 Å². The standard InChI is InChI=1S/C73H79N3/c1-67(2,3)44-23-33-61-57(37-44)72(15,16)58-38-45(68(4,5)6)24-34-62(58)74(61)49-28-31-53-54-32-29-50(43-66(54)76(65(53)42-49)48-27-30-52-51-21-19-20-22-55(51)71(13,14)56(52)41-48)75-63-35-25-46(69(7,8)9)39-59(63)73(17,18)60-40-47(70(10,11)12)26-36-64(60)75/h19-43H,1-18H3. The maximum atomic E-state index is 2.58. The van der Waals surface area contributed by atoms with Crippen LogP contribution in [0.1, 0.15) is 180 Å². The van der Waals surface area contributed by atoms with Crippen LogP contribution in [0.4, 0.5) is 34.1 Å². The molecule has 3 nitrogen and oxygen atoms in total. The molecule has 0 radical (unpaired) electrons. The first-order valence-corrected chi connectivity index (χ1v) is 28.0. The highest BCUT2D eigenvalue weighted by Gasteiger charge is 2.42. The van der Waals surface area contributed by atoms with E-state index in [-0.39, 0.29) is 37.9 Å². The molecular weight excluding hydrogens is 919 g/mol. The minimum atomic E-state index is -0.225. The fraction of sp³-hybridized carbons (Fsp3) is 0.342. The average molecular weight is 998 g/mol. The van der Waals surface area contributed by atoms with Gasteiger partial charge >= 0.3 is 0 Å². The molecule has 2 aliphatic heterocycles. The molecule has 0 atom stereocenters. The maximum absolute atomic E-state index is 2.58. The number of fused-ring (bicyclic) bond motifs is 10. The number of nitrogens with zero attached hydrogens (tertiary/aromatic N) is 3. The lowest BCUT2D eigenvalue weighted by Gasteiger charge is -2.43. The minimum absolute atomic E-state index is 0.00721. The summed E-state index contributed by atoms with van der Waals surface area (Å²) in [5.74, 6) is 0. The van der Waals surface area contributed by atoms with E-state index >= 15 is 0 Å². The summed E-state index contributed by atoms with van der Waals surface area (Å²) in [5.41, 5.74) is 26.5. The molecule has 0 spiro atoms. The third-order valence-corrected chi connectivity index (χ3v) is 18.2. The van der Waals surface area contributed by atoms with Gasteiger partial charge in [-0.05, 0) is 149 Å². The fourth-order valence-corrected chi connectivity index (χ4v) is 13.3. The van der Waals surface area contributed by atoms with Crippen molar-refractivity contribution in [3.8, 4) is 16.8 Å². The highest BCUT2D eigenvalue weighted by molar-refractivity contribution is 6.12. The van der Waals surface area contributed by atoms with Crippen LogP contribution in [0.3, 0.4) is 0 Å². The number of aromatic nitrogens is 1. The summed E-state index contributed by atoms with van der Waals surface area (Å²) >= 11 is 0. The summed E-state index contributed by atoms with van der Waals surface area (Å²) in [5, 5.41) is 2.48.